The molecule has 0 spiro atoms. The molecule has 2 rings (SSSR count). The molecule has 0 atom stereocenters. The Morgan fingerprint density at radius 3 is 2.58 bits per heavy atom. The van der Waals surface area contributed by atoms with Gasteiger partial charge in [0.2, 0.25) is 0 Å². The number of amides is 1. The molecule has 6 heteroatoms. The molecule has 2 aromatic carbocycles. The Balaban J connectivity index is 1.96. The number of hydrogen-bond acceptors (Lipinski definition) is 4. The Morgan fingerprint density at radius 2 is 1.96 bits per heavy atom. The maximum absolute atomic E-state index is 12.2. The van der Waals surface area contributed by atoms with E-state index in [1.54, 1.807) is 42.5 Å². The number of methoxy groups -OCH3 is 1. The van der Waals surface area contributed by atoms with E-state index in [4.69, 9.17) is 16.3 Å². The van der Waals surface area contributed by atoms with Crippen LogP contribution in [0.4, 0.5) is 0 Å². The summed E-state index contributed by atoms with van der Waals surface area (Å²) in [6.45, 7) is 0.373. The van der Waals surface area contributed by atoms with Crippen molar-refractivity contribution in [2.24, 2.45) is 0 Å². The average Bonchev–Trinajstić information content (AvgIpc) is 2.58. The van der Waals surface area contributed by atoms with Crippen molar-refractivity contribution in [2.75, 3.05) is 13.7 Å². The van der Waals surface area contributed by atoms with E-state index in [0.29, 0.717) is 29.3 Å². The molecule has 0 aliphatic rings. The molecule has 0 aliphatic carbocycles. The summed E-state index contributed by atoms with van der Waals surface area (Å²) < 4.78 is 5.05. The predicted molar refractivity (Wildman–Crippen MR) is 93.4 cm³/mol. The van der Waals surface area contributed by atoms with Gasteiger partial charge in [-0.3, -0.25) is 4.79 Å². The minimum absolute atomic E-state index is 0.0681. The van der Waals surface area contributed by atoms with Gasteiger partial charge in [-0.15, -0.1) is 0 Å². The molecule has 0 bridgehead atoms. The topological polar surface area (TPSA) is 78.8 Å². The standard InChI is InChI=1S/C18H18ClNO4/c1-24-17-10-12(2-7-16(17)22)8-9-20-18(23)15(11-21)13-3-5-14(19)6-4-13/h2-7,10-11,21-22H,8-9H2,1H3,(H,20,23)/b15-11-. The van der Waals surface area contributed by atoms with Gasteiger partial charge < -0.3 is 20.3 Å². The molecule has 5 nitrogen and oxygen atoms in total. The van der Waals surface area contributed by atoms with Gasteiger partial charge in [-0.05, 0) is 41.8 Å². The fourth-order valence-corrected chi connectivity index (χ4v) is 2.31. The van der Waals surface area contributed by atoms with Crippen LogP contribution in [0.2, 0.25) is 5.02 Å². The number of aliphatic hydroxyl groups is 1. The lowest BCUT2D eigenvalue weighted by Crippen LogP contribution is -2.26. The molecule has 0 radical (unpaired) electrons. The fourth-order valence-electron chi connectivity index (χ4n) is 2.19. The number of phenolic OH excluding ortho intramolecular Hbond substituents is 1. The molecule has 126 valence electrons. The number of nitrogens with one attached hydrogen (secondary N) is 1. The maximum atomic E-state index is 12.2. The number of benzene rings is 2. The van der Waals surface area contributed by atoms with Crippen molar-refractivity contribution < 1.29 is 19.7 Å². The van der Waals surface area contributed by atoms with Gasteiger partial charge in [0.05, 0.1) is 18.9 Å². The van der Waals surface area contributed by atoms with Crippen molar-refractivity contribution in [3.8, 4) is 11.5 Å². The third-order valence-electron chi connectivity index (χ3n) is 3.47. The third kappa shape index (κ3) is 4.43. The molecular weight excluding hydrogens is 330 g/mol. The van der Waals surface area contributed by atoms with Crippen molar-refractivity contribution in [1.29, 1.82) is 0 Å². The zero-order chi connectivity index (χ0) is 17.5. The first-order valence-electron chi connectivity index (χ1n) is 7.29. The summed E-state index contributed by atoms with van der Waals surface area (Å²) >= 11 is 5.82. The van der Waals surface area contributed by atoms with Crippen molar-refractivity contribution in [3.63, 3.8) is 0 Å². The van der Waals surface area contributed by atoms with Gasteiger partial charge in [-0.25, -0.2) is 0 Å². The monoisotopic (exact) mass is 347 g/mol. The molecule has 3 N–H and O–H groups in total. The highest BCUT2D eigenvalue weighted by Crippen LogP contribution is 2.26. The zero-order valence-electron chi connectivity index (χ0n) is 13.1. The van der Waals surface area contributed by atoms with Crippen LogP contribution in [-0.4, -0.2) is 29.8 Å². The van der Waals surface area contributed by atoms with Crippen LogP contribution in [0.1, 0.15) is 11.1 Å². The summed E-state index contributed by atoms with van der Waals surface area (Å²) in [6, 6.07) is 11.6. The summed E-state index contributed by atoms with van der Waals surface area (Å²) in [6.07, 6.45) is 1.34. The Kier molecular flexibility index (Phi) is 6.09. The van der Waals surface area contributed by atoms with E-state index >= 15 is 0 Å². The highest BCUT2D eigenvalue weighted by atomic mass is 35.5. The van der Waals surface area contributed by atoms with Crippen LogP contribution in [0.5, 0.6) is 11.5 Å². The zero-order valence-corrected chi connectivity index (χ0v) is 13.9. The van der Waals surface area contributed by atoms with Gasteiger partial charge >= 0.3 is 0 Å². The number of carbonyl (C=O) groups excluding carboxylic acids is 1. The Bertz CT molecular complexity index is 741. The number of hydrogen-bond donors (Lipinski definition) is 3. The van der Waals surface area contributed by atoms with Gasteiger partial charge in [-0.2, -0.15) is 0 Å². The molecule has 24 heavy (non-hydrogen) atoms. The van der Waals surface area contributed by atoms with Crippen LogP contribution in [0.15, 0.2) is 48.7 Å². The number of phenols is 1. The van der Waals surface area contributed by atoms with Crippen molar-refractivity contribution in [3.05, 3.63) is 64.9 Å². The second-order valence-electron chi connectivity index (χ2n) is 5.06. The SMILES string of the molecule is COc1cc(CCNC(=O)/C(=C\O)c2ccc(Cl)cc2)ccc1O. The molecule has 0 saturated carbocycles. The lowest BCUT2D eigenvalue weighted by Gasteiger charge is -2.10. The van der Waals surface area contributed by atoms with Crippen LogP contribution in [0, 0.1) is 0 Å². The molecule has 0 saturated heterocycles. The molecule has 1 amide bonds. The maximum Gasteiger partial charge on any atom is 0.255 e. The number of aromatic hydroxyl groups is 1. The molecule has 0 heterocycles. The Hall–Kier alpha value is -2.66. The van der Waals surface area contributed by atoms with E-state index in [2.05, 4.69) is 5.32 Å². The fraction of sp³-hybridized carbons (Fsp3) is 0.167. The summed E-state index contributed by atoms with van der Waals surface area (Å²) in [5.41, 5.74) is 1.65. The van der Waals surface area contributed by atoms with Gasteiger partial charge in [0.1, 0.15) is 0 Å². The van der Waals surface area contributed by atoms with E-state index < -0.39 is 0 Å². The molecule has 0 unspecified atom stereocenters. The lowest BCUT2D eigenvalue weighted by molar-refractivity contribution is -0.115. The first-order chi connectivity index (χ1) is 11.5. The van der Waals surface area contributed by atoms with Crippen molar-refractivity contribution >= 4 is 23.1 Å². The summed E-state index contributed by atoms with van der Waals surface area (Å²) in [4.78, 5) is 12.2. The van der Waals surface area contributed by atoms with E-state index in [0.717, 1.165) is 11.8 Å². The summed E-state index contributed by atoms with van der Waals surface area (Å²) in [5.74, 6) is 0.0695. The minimum Gasteiger partial charge on any atom is -0.515 e. The number of rotatable bonds is 6. The van der Waals surface area contributed by atoms with Crippen LogP contribution in [-0.2, 0) is 11.2 Å². The second-order valence-corrected chi connectivity index (χ2v) is 5.50. The second kappa shape index (κ2) is 8.26. The third-order valence-corrected chi connectivity index (χ3v) is 3.72. The van der Waals surface area contributed by atoms with Crippen LogP contribution >= 0.6 is 11.6 Å². The van der Waals surface area contributed by atoms with Crippen molar-refractivity contribution in [2.45, 2.75) is 6.42 Å². The highest BCUT2D eigenvalue weighted by molar-refractivity contribution is 6.30. The molecule has 0 aromatic heterocycles. The number of halogens is 1. The van der Waals surface area contributed by atoms with E-state index in [1.165, 1.54) is 7.11 Å². The normalized spacial score (nSPS) is 11.2. The first-order valence-corrected chi connectivity index (χ1v) is 7.67. The Morgan fingerprint density at radius 1 is 1.25 bits per heavy atom. The molecule has 0 fully saturated rings. The quantitative estimate of drug-likeness (QED) is 0.553. The molecule has 0 aliphatic heterocycles. The van der Waals surface area contributed by atoms with Gasteiger partial charge in [0.25, 0.3) is 5.91 Å². The highest BCUT2D eigenvalue weighted by Gasteiger charge is 2.12. The van der Waals surface area contributed by atoms with Crippen LogP contribution < -0.4 is 10.1 Å². The lowest BCUT2D eigenvalue weighted by atomic mass is 10.1. The van der Waals surface area contributed by atoms with E-state index in [-0.39, 0.29) is 17.2 Å². The first kappa shape index (κ1) is 17.7. The van der Waals surface area contributed by atoms with Gasteiger partial charge in [-0.1, -0.05) is 29.8 Å². The number of carbonyl (C=O) groups is 1. The van der Waals surface area contributed by atoms with Crippen molar-refractivity contribution in [1.82, 2.24) is 5.32 Å². The number of aliphatic hydroxyl groups excluding tert-OH is 1. The van der Waals surface area contributed by atoms with Crippen LogP contribution in [0.25, 0.3) is 5.57 Å². The van der Waals surface area contributed by atoms with Gasteiger partial charge in [0, 0.05) is 11.6 Å². The Labute approximate surface area is 145 Å². The largest absolute Gasteiger partial charge is 0.515 e. The van der Waals surface area contributed by atoms with E-state index in [9.17, 15) is 15.0 Å². The summed E-state index contributed by atoms with van der Waals surface area (Å²) in [7, 11) is 1.48. The predicted octanol–water partition coefficient (Wildman–Crippen LogP) is 3.31. The molecule has 2 aromatic rings. The smallest absolute Gasteiger partial charge is 0.255 e. The minimum atomic E-state index is -0.384. The van der Waals surface area contributed by atoms with Crippen LogP contribution in [0.3, 0.4) is 0 Å². The average molecular weight is 348 g/mol. The van der Waals surface area contributed by atoms with Gasteiger partial charge in [0.15, 0.2) is 11.5 Å². The molecular formula is C18H18ClNO4. The van der Waals surface area contributed by atoms with E-state index in [1.807, 2.05) is 0 Å². The summed E-state index contributed by atoms with van der Waals surface area (Å²) in [5, 5.41) is 22.2. The number of ether oxygens (including phenoxy) is 1.